The van der Waals surface area contributed by atoms with E-state index in [1.165, 1.54) is 0 Å². The van der Waals surface area contributed by atoms with Gasteiger partial charge >= 0.3 is 0 Å². The zero-order valence-corrected chi connectivity index (χ0v) is 13.0. The van der Waals surface area contributed by atoms with Crippen LogP contribution < -0.4 is 15.2 Å². The van der Waals surface area contributed by atoms with E-state index in [-0.39, 0.29) is 22.9 Å². The third-order valence-electron chi connectivity index (χ3n) is 3.67. The number of ether oxygens (including phenoxy) is 1. The quantitative estimate of drug-likeness (QED) is 0.836. The van der Waals surface area contributed by atoms with Crippen LogP contribution in [0, 0.1) is 5.41 Å². The maximum absolute atomic E-state index is 12.3. The Labute approximate surface area is 120 Å². The Bertz CT molecular complexity index is 596. The van der Waals surface area contributed by atoms with Crippen LogP contribution in [0.4, 0.5) is 0 Å². The first-order chi connectivity index (χ1) is 9.30. The van der Waals surface area contributed by atoms with Crippen molar-refractivity contribution in [2.75, 3.05) is 6.61 Å². The highest BCUT2D eigenvalue weighted by molar-refractivity contribution is 7.89. The molecule has 1 unspecified atom stereocenters. The molecule has 0 spiro atoms. The van der Waals surface area contributed by atoms with Gasteiger partial charge in [-0.1, -0.05) is 13.8 Å². The standard InChI is InChI=1S/C14H22N2O3S/c1-4-19-12-6-5-11(7-10(12)9-15)20(17,18)16-13-8-14(13,2)3/h5-7,13,16H,4,8-9,15H2,1-3H3. The molecule has 0 saturated heterocycles. The highest BCUT2D eigenvalue weighted by Crippen LogP contribution is 2.45. The normalized spacial score (nSPS) is 20.7. The van der Waals surface area contributed by atoms with Crippen LogP contribution in [0.15, 0.2) is 23.1 Å². The Morgan fingerprint density at radius 2 is 2.10 bits per heavy atom. The molecule has 112 valence electrons. The predicted molar refractivity (Wildman–Crippen MR) is 78.0 cm³/mol. The molecule has 0 heterocycles. The third kappa shape index (κ3) is 3.13. The van der Waals surface area contributed by atoms with Crippen molar-refractivity contribution in [1.82, 2.24) is 4.72 Å². The summed E-state index contributed by atoms with van der Waals surface area (Å²) in [6, 6.07) is 4.82. The van der Waals surface area contributed by atoms with Crippen LogP contribution in [-0.4, -0.2) is 21.1 Å². The molecule has 0 aliphatic heterocycles. The first-order valence-electron chi connectivity index (χ1n) is 6.78. The van der Waals surface area contributed by atoms with E-state index in [1.54, 1.807) is 18.2 Å². The maximum atomic E-state index is 12.3. The molecule has 20 heavy (non-hydrogen) atoms. The molecule has 1 aliphatic rings. The lowest BCUT2D eigenvalue weighted by atomic mass is 10.2. The number of hydrogen-bond acceptors (Lipinski definition) is 4. The lowest BCUT2D eigenvalue weighted by molar-refractivity contribution is 0.336. The zero-order chi connectivity index (χ0) is 15.0. The molecule has 1 aromatic carbocycles. The fourth-order valence-corrected chi connectivity index (χ4v) is 3.56. The average molecular weight is 298 g/mol. The van der Waals surface area contributed by atoms with Gasteiger partial charge in [0.15, 0.2) is 0 Å². The van der Waals surface area contributed by atoms with Crippen molar-refractivity contribution >= 4 is 10.0 Å². The molecule has 1 aromatic rings. The highest BCUT2D eigenvalue weighted by atomic mass is 32.2. The van der Waals surface area contributed by atoms with Gasteiger partial charge < -0.3 is 10.5 Å². The predicted octanol–water partition coefficient (Wildman–Crippen LogP) is 1.62. The number of sulfonamides is 1. The monoisotopic (exact) mass is 298 g/mol. The second-order valence-corrected chi connectivity index (χ2v) is 7.49. The fourth-order valence-electron chi connectivity index (χ4n) is 2.10. The van der Waals surface area contributed by atoms with Gasteiger partial charge in [-0.15, -0.1) is 0 Å². The minimum Gasteiger partial charge on any atom is -0.494 e. The van der Waals surface area contributed by atoms with Crippen LogP contribution in [0.3, 0.4) is 0 Å². The number of nitrogens with one attached hydrogen (secondary N) is 1. The van der Waals surface area contributed by atoms with E-state index < -0.39 is 10.0 Å². The summed E-state index contributed by atoms with van der Waals surface area (Å²) in [5, 5.41) is 0. The number of rotatable bonds is 6. The van der Waals surface area contributed by atoms with Gasteiger partial charge in [-0.3, -0.25) is 0 Å². The smallest absolute Gasteiger partial charge is 0.240 e. The van der Waals surface area contributed by atoms with E-state index in [1.807, 2.05) is 20.8 Å². The molecule has 1 aliphatic carbocycles. The Kier molecular flexibility index (Phi) is 4.09. The molecule has 2 rings (SSSR count). The Morgan fingerprint density at radius 1 is 1.45 bits per heavy atom. The van der Waals surface area contributed by atoms with E-state index in [9.17, 15) is 8.42 Å². The molecule has 1 saturated carbocycles. The van der Waals surface area contributed by atoms with Crippen LogP contribution in [0.5, 0.6) is 5.75 Å². The summed E-state index contributed by atoms with van der Waals surface area (Å²) in [4.78, 5) is 0.240. The lowest BCUT2D eigenvalue weighted by Gasteiger charge is -2.12. The van der Waals surface area contributed by atoms with Crippen LogP contribution in [0.1, 0.15) is 32.8 Å². The van der Waals surface area contributed by atoms with Crippen molar-refractivity contribution in [3.63, 3.8) is 0 Å². The summed E-state index contributed by atoms with van der Waals surface area (Å²) in [6.45, 7) is 6.73. The molecule has 0 aromatic heterocycles. The van der Waals surface area contributed by atoms with Crippen molar-refractivity contribution in [2.45, 2.75) is 44.7 Å². The van der Waals surface area contributed by atoms with Crippen molar-refractivity contribution in [1.29, 1.82) is 0 Å². The van der Waals surface area contributed by atoms with Crippen molar-refractivity contribution < 1.29 is 13.2 Å². The number of nitrogens with two attached hydrogens (primary N) is 1. The number of hydrogen-bond donors (Lipinski definition) is 2. The summed E-state index contributed by atoms with van der Waals surface area (Å²) >= 11 is 0. The minimum absolute atomic E-state index is 0.0143. The molecule has 1 fully saturated rings. The van der Waals surface area contributed by atoms with Crippen LogP contribution in [0.2, 0.25) is 0 Å². The fraction of sp³-hybridized carbons (Fsp3) is 0.571. The summed E-state index contributed by atoms with van der Waals surface area (Å²) < 4.78 is 32.8. The largest absolute Gasteiger partial charge is 0.494 e. The van der Waals surface area contributed by atoms with E-state index in [4.69, 9.17) is 10.5 Å². The van der Waals surface area contributed by atoms with Gasteiger partial charge in [0, 0.05) is 18.2 Å². The van der Waals surface area contributed by atoms with Crippen LogP contribution in [0.25, 0.3) is 0 Å². The van der Waals surface area contributed by atoms with Gasteiger partial charge in [-0.2, -0.15) is 0 Å². The summed E-state index contributed by atoms with van der Waals surface area (Å²) in [5.41, 5.74) is 6.40. The van der Waals surface area contributed by atoms with Crippen LogP contribution in [-0.2, 0) is 16.6 Å². The van der Waals surface area contributed by atoms with Gasteiger partial charge in [-0.25, -0.2) is 13.1 Å². The summed E-state index contributed by atoms with van der Waals surface area (Å²) in [5.74, 6) is 0.640. The van der Waals surface area contributed by atoms with Crippen LogP contribution >= 0.6 is 0 Å². The summed E-state index contributed by atoms with van der Waals surface area (Å²) in [6.07, 6.45) is 0.868. The third-order valence-corrected chi connectivity index (χ3v) is 5.14. The van der Waals surface area contributed by atoms with Crippen molar-refractivity contribution in [3.05, 3.63) is 23.8 Å². The van der Waals surface area contributed by atoms with E-state index in [0.717, 1.165) is 6.42 Å². The Balaban J connectivity index is 2.23. The van der Waals surface area contributed by atoms with E-state index in [2.05, 4.69) is 4.72 Å². The molecular formula is C14H22N2O3S. The topological polar surface area (TPSA) is 81.4 Å². The molecule has 0 bridgehead atoms. The van der Waals surface area contributed by atoms with Gasteiger partial charge in [-0.05, 0) is 37.0 Å². The molecule has 1 atom stereocenters. The Morgan fingerprint density at radius 3 is 2.60 bits per heavy atom. The molecule has 0 radical (unpaired) electrons. The molecule has 3 N–H and O–H groups in total. The molecule has 6 heteroatoms. The lowest BCUT2D eigenvalue weighted by Crippen LogP contribution is -2.28. The zero-order valence-electron chi connectivity index (χ0n) is 12.1. The van der Waals surface area contributed by atoms with Crippen molar-refractivity contribution in [2.24, 2.45) is 11.1 Å². The van der Waals surface area contributed by atoms with Crippen molar-refractivity contribution in [3.8, 4) is 5.75 Å². The second kappa shape index (κ2) is 5.35. The maximum Gasteiger partial charge on any atom is 0.240 e. The summed E-state index contributed by atoms with van der Waals surface area (Å²) in [7, 11) is -3.49. The molecular weight excluding hydrogens is 276 g/mol. The number of benzene rings is 1. The van der Waals surface area contributed by atoms with Gasteiger partial charge in [0.25, 0.3) is 0 Å². The second-order valence-electron chi connectivity index (χ2n) is 5.77. The minimum atomic E-state index is -3.49. The first-order valence-corrected chi connectivity index (χ1v) is 8.26. The van der Waals surface area contributed by atoms with Gasteiger partial charge in [0.2, 0.25) is 10.0 Å². The van der Waals surface area contributed by atoms with Gasteiger partial charge in [0.1, 0.15) is 5.75 Å². The SMILES string of the molecule is CCOc1ccc(S(=O)(=O)NC2CC2(C)C)cc1CN. The van der Waals surface area contributed by atoms with Gasteiger partial charge in [0.05, 0.1) is 11.5 Å². The Hall–Kier alpha value is -1.11. The van der Waals surface area contributed by atoms with E-state index in [0.29, 0.717) is 17.9 Å². The molecule has 5 nitrogen and oxygen atoms in total. The highest BCUT2D eigenvalue weighted by Gasteiger charge is 2.47. The average Bonchev–Trinajstić information content (AvgIpc) is 2.96. The molecule has 0 amide bonds. The van der Waals surface area contributed by atoms with E-state index >= 15 is 0 Å². The first kappa shape index (κ1) is 15.3.